The van der Waals surface area contributed by atoms with Gasteiger partial charge in [0.25, 0.3) is 0 Å². The SMILES string of the molecule is CCC(CC)NC(=O)NCCCN(CCO)CCO. The molecule has 0 aromatic heterocycles. The van der Waals surface area contributed by atoms with E-state index >= 15 is 0 Å². The van der Waals surface area contributed by atoms with E-state index in [1.54, 1.807) is 0 Å². The molecule has 0 unspecified atom stereocenters. The van der Waals surface area contributed by atoms with E-state index in [9.17, 15) is 4.79 Å². The van der Waals surface area contributed by atoms with Crippen LogP contribution in [0, 0.1) is 0 Å². The van der Waals surface area contributed by atoms with E-state index in [0.29, 0.717) is 19.6 Å². The fourth-order valence-corrected chi connectivity index (χ4v) is 1.85. The molecule has 0 radical (unpaired) electrons. The number of carbonyl (C=O) groups excluding carboxylic acids is 1. The molecule has 2 amide bonds. The minimum Gasteiger partial charge on any atom is -0.395 e. The van der Waals surface area contributed by atoms with Crippen LogP contribution in [-0.4, -0.2) is 66.6 Å². The maximum atomic E-state index is 11.6. The van der Waals surface area contributed by atoms with Crippen molar-refractivity contribution < 1.29 is 15.0 Å². The summed E-state index contributed by atoms with van der Waals surface area (Å²) in [5, 5.41) is 23.4. The van der Waals surface area contributed by atoms with Gasteiger partial charge in [-0.2, -0.15) is 0 Å². The second kappa shape index (κ2) is 12.2. The second-order valence-electron chi connectivity index (χ2n) is 4.56. The molecule has 0 fully saturated rings. The van der Waals surface area contributed by atoms with E-state index in [-0.39, 0.29) is 25.3 Å². The fourth-order valence-electron chi connectivity index (χ4n) is 1.85. The fraction of sp³-hybridized carbons (Fsp3) is 0.923. The maximum Gasteiger partial charge on any atom is 0.315 e. The number of urea groups is 1. The number of aliphatic hydroxyl groups excluding tert-OH is 2. The minimum absolute atomic E-state index is 0.0859. The van der Waals surface area contributed by atoms with Crippen LogP contribution in [0.15, 0.2) is 0 Å². The molecule has 114 valence electrons. The Hall–Kier alpha value is -0.850. The third kappa shape index (κ3) is 9.69. The largest absolute Gasteiger partial charge is 0.395 e. The topological polar surface area (TPSA) is 84.8 Å². The highest BCUT2D eigenvalue weighted by molar-refractivity contribution is 5.74. The van der Waals surface area contributed by atoms with Crippen LogP contribution >= 0.6 is 0 Å². The van der Waals surface area contributed by atoms with Crippen LogP contribution < -0.4 is 10.6 Å². The van der Waals surface area contributed by atoms with Gasteiger partial charge in [0.2, 0.25) is 0 Å². The lowest BCUT2D eigenvalue weighted by atomic mass is 10.2. The van der Waals surface area contributed by atoms with Crippen LogP contribution in [0.25, 0.3) is 0 Å². The highest BCUT2D eigenvalue weighted by Gasteiger charge is 2.07. The van der Waals surface area contributed by atoms with Crippen molar-refractivity contribution in [3.05, 3.63) is 0 Å². The summed E-state index contributed by atoms with van der Waals surface area (Å²) < 4.78 is 0. The van der Waals surface area contributed by atoms with Crippen LogP contribution in [0.1, 0.15) is 33.1 Å². The summed E-state index contributed by atoms with van der Waals surface area (Å²) in [6, 6.07) is 0.116. The zero-order valence-corrected chi connectivity index (χ0v) is 12.2. The molecule has 19 heavy (non-hydrogen) atoms. The van der Waals surface area contributed by atoms with Crippen LogP contribution in [0.3, 0.4) is 0 Å². The molecule has 0 atom stereocenters. The molecule has 6 nitrogen and oxygen atoms in total. The Morgan fingerprint density at radius 2 is 1.68 bits per heavy atom. The lowest BCUT2D eigenvalue weighted by molar-refractivity contribution is 0.159. The van der Waals surface area contributed by atoms with Gasteiger partial charge in [0.1, 0.15) is 0 Å². The van der Waals surface area contributed by atoms with Crippen molar-refractivity contribution in [2.24, 2.45) is 0 Å². The molecule has 0 saturated carbocycles. The van der Waals surface area contributed by atoms with E-state index < -0.39 is 0 Å². The molecule has 4 N–H and O–H groups in total. The molecule has 0 aliphatic heterocycles. The van der Waals surface area contributed by atoms with E-state index in [4.69, 9.17) is 10.2 Å². The first-order chi connectivity index (χ1) is 9.17. The smallest absolute Gasteiger partial charge is 0.315 e. The number of nitrogens with one attached hydrogen (secondary N) is 2. The maximum absolute atomic E-state index is 11.6. The Morgan fingerprint density at radius 3 is 2.16 bits per heavy atom. The summed E-state index contributed by atoms with van der Waals surface area (Å²) in [6.07, 6.45) is 2.67. The first-order valence-corrected chi connectivity index (χ1v) is 7.16. The van der Waals surface area contributed by atoms with Gasteiger partial charge in [0.05, 0.1) is 13.2 Å². The lowest BCUT2D eigenvalue weighted by Crippen LogP contribution is -2.42. The first kappa shape index (κ1) is 18.1. The van der Waals surface area contributed by atoms with Crippen molar-refractivity contribution in [1.82, 2.24) is 15.5 Å². The number of nitrogens with zero attached hydrogens (tertiary/aromatic N) is 1. The summed E-state index contributed by atoms with van der Waals surface area (Å²) in [5.74, 6) is 0. The average molecular weight is 275 g/mol. The van der Waals surface area contributed by atoms with Crippen LogP contribution in [0.5, 0.6) is 0 Å². The number of amides is 2. The molecule has 0 aromatic rings. The van der Waals surface area contributed by atoms with Crippen LogP contribution in [-0.2, 0) is 0 Å². The molecule has 0 spiro atoms. The van der Waals surface area contributed by atoms with Crippen molar-refractivity contribution >= 4 is 6.03 Å². The zero-order valence-electron chi connectivity index (χ0n) is 12.2. The van der Waals surface area contributed by atoms with Gasteiger partial charge in [0, 0.05) is 25.7 Å². The minimum atomic E-state index is -0.121. The molecule has 0 aromatic carbocycles. The predicted octanol–water partition coefficient (Wildman–Crippen LogP) is 0.151. The van der Waals surface area contributed by atoms with Crippen molar-refractivity contribution in [3.63, 3.8) is 0 Å². The van der Waals surface area contributed by atoms with Gasteiger partial charge in [-0.15, -0.1) is 0 Å². The van der Waals surface area contributed by atoms with E-state index in [1.807, 2.05) is 4.90 Å². The Labute approximate surface area is 116 Å². The third-order valence-electron chi connectivity index (χ3n) is 3.09. The average Bonchev–Trinajstić information content (AvgIpc) is 2.41. The van der Waals surface area contributed by atoms with Gasteiger partial charge in [-0.3, -0.25) is 4.90 Å². The van der Waals surface area contributed by atoms with Crippen molar-refractivity contribution in [2.75, 3.05) is 39.4 Å². The number of carbonyl (C=O) groups is 1. The molecule has 6 heteroatoms. The van der Waals surface area contributed by atoms with Gasteiger partial charge in [0.15, 0.2) is 0 Å². The normalized spacial score (nSPS) is 11.1. The van der Waals surface area contributed by atoms with E-state index in [1.165, 1.54) is 0 Å². The van der Waals surface area contributed by atoms with Gasteiger partial charge < -0.3 is 20.8 Å². The monoisotopic (exact) mass is 275 g/mol. The van der Waals surface area contributed by atoms with E-state index in [0.717, 1.165) is 25.8 Å². The van der Waals surface area contributed by atoms with Crippen molar-refractivity contribution in [1.29, 1.82) is 0 Å². The first-order valence-electron chi connectivity index (χ1n) is 7.16. The summed E-state index contributed by atoms with van der Waals surface area (Å²) in [7, 11) is 0. The highest BCUT2D eigenvalue weighted by Crippen LogP contribution is 1.95. The molecule has 0 aliphatic carbocycles. The summed E-state index contributed by atoms with van der Waals surface area (Å²) >= 11 is 0. The standard InChI is InChI=1S/C13H29N3O3/c1-3-12(4-2)15-13(19)14-6-5-7-16(8-10-17)9-11-18/h12,17-18H,3-11H2,1-2H3,(H2,14,15,19). The molecule has 0 aliphatic rings. The van der Waals surface area contributed by atoms with Gasteiger partial charge in [-0.1, -0.05) is 13.8 Å². The van der Waals surface area contributed by atoms with Crippen molar-refractivity contribution in [2.45, 2.75) is 39.2 Å². The molecule has 0 rings (SSSR count). The van der Waals surface area contributed by atoms with E-state index in [2.05, 4.69) is 24.5 Å². The molecule has 0 bridgehead atoms. The Bertz CT molecular complexity index is 217. The molecule has 0 saturated heterocycles. The zero-order chi connectivity index (χ0) is 14.5. The molecular formula is C13H29N3O3. The number of aliphatic hydroxyl groups is 2. The number of rotatable bonds is 11. The molecule has 0 heterocycles. The van der Waals surface area contributed by atoms with Crippen LogP contribution in [0.4, 0.5) is 4.79 Å². The summed E-state index contributed by atoms with van der Waals surface area (Å²) in [4.78, 5) is 13.5. The quantitative estimate of drug-likeness (QED) is 0.404. The lowest BCUT2D eigenvalue weighted by Gasteiger charge is -2.20. The second-order valence-corrected chi connectivity index (χ2v) is 4.56. The Kier molecular flexibility index (Phi) is 11.7. The van der Waals surface area contributed by atoms with Gasteiger partial charge in [-0.05, 0) is 25.8 Å². The Morgan fingerprint density at radius 1 is 1.11 bits per heavy atom. The predicted molar refractivity (Wildman–Crippen MR) is 76.1 cm³/mol. The number of hydrogen-bond donors (Lipinski definition) is 4. The Balaban J connectivity index is 3.68. The van der Waals surface area contributed by atoms with Crippen molar-refractivity contribution in [3.8, 4) is 0 Å². The van der Waals surface area contributed by atoms with Gasteiger partial charge in [-0.25, -0.2) is 4.79 Å². The summed E-state index contributed by atoms with van der Waals surface area (Å²) in [6.45, 7) is 6.74. The third-order valence-corrected chi connectivity index (χ3v) is 3.09. The summed E-state index contributed by atoms with van der Waals surface area (Å²) in [5.41, 5.74) is 0. The highest BCUT2D eigenvalue weighted by atomic mass is 16.3. The number of hydrogen-bond acceptors (Lipinski definition) is 4. The van der Waals surface area contributed by atoms with Gasteiger partial charge >= 0.3 is 6.03 Å². The van der Waals surface area contributed by atoms with Crippen LogP contribution in [0.2, 0.25) is 0 Å². The molecular weight excluding hydrogens is 246 g/mol.